The van der Waals surface area contributed by atoms with Gasteiger partial charge >= 0.3 is 12.1 Å². The van der Waals surface area contributed by atoms with E-state index < -0.39 is 12.1 Å². The standard InChI is InChI=1S/C14H14F3N3O2/c1-3-8(2)18-12(21)10-6-4-9(5-7-10)11-19-13(22-20-11)14(15,16)17/h4-8H,3H2,1-2H3,(H,18,21)/t8-/m1/s1. The Morgan fingerprint density at radius 2 is 1.95 bits per heavy atom. The molecule has 0 unspecified atom stereocenters. The molecule has 2 rings (SSSR count). The van der Waals surface area contributed by atoms with Crippen molar-refractivity contribution in [2.24, 2.45) is 0 Å². The monoisotopic (exact) mass is 313 g/mol. The van der Waals surface area contributed by atoms with Crippen LogP contribution in [0, 0.1) is 0 Å². The smallest absolute Gasteiger partial charge is 0.350 e. The Hall–Kier alpha value is -2.38. The first-order chi connectivity index (χ1) is 10.3. The van der Waals surface area contributed by atoms with E-state index in [0.717, 1.165) is 6.42 Å². The number of alkyl halides is 3. The Labute approximate surface area is 124 Å². The van der Waals surface area contributed by atoms with Gasteiger partial charge in [-0.3, -0.25) is 4.79 Å². The fourth-order valence-electron chi connectivity index (χ4n) is 1.64. The van der Waals surface area contributed by atoms with Crippen molar-refractivity contribution in [3.05, 3.63) is 35.7 Å². The lowest BCUT2D eigenvalue weighted by Gasteiger charge is -2.11. The van der Waals surface area contributed by atoms with Gasteiger partial charge in [0.15, 0.2) is 0 Å². The van der Waals surface area contributed by atoms with Gasteiger partial charge in [0.25, 0.3) is 5.91 Å². The van der Waals surface area contributed by atoms with Gasteiger partial charge in [-0.2, -0.15) is 18.2 Å². The molecule has 2 aromatic rings. The molecule has 5 nitrogen and oxygen atoms in total. The van der Waals surface area contributed by atoms with E-state index in [1.54, 1.807) is 0 Å². The van der Waals surface area contributed by atoms with Crippen LogP contribution in [0.2, 0.25) is 0 Å². The highest BCUT2D eigenvalue weighted by atomic mass is 19.4. The lowest BCUT2D eigenvalue weighted by molar-refractivity contribution is -0.159. The summed E-state index contributed by atoms with van der Waals surface area (Å²) in [4.78, 5) is 15.2. The maximum absolute atomic E-state index is 12.4. The molecule has 0 spiro atoms. The second kappa shape index (κ2) is 6.17. The molecule has 0 saturated heterocycles. The molecule has 1 aromatic heterocycles. The maximum atomic E-state index is 12.4. The van der Waals surface area contributed by atoms with Crippen LogP contribution in [-0.4, -0.2) is 22.1 Å². The summed E-state index contributed by atoms with van der Waals surface area (Å²) < 4.78 is 41.3. The van der Waals surface area contributed by atoms with Gasteiger partial charge in [-0.25, -0.2) is 0 Å². The number of aromatic nitrogens is 2. The molecule has 118 valence electrons. The number of hydrogen-bond donors (Lipinski definition) is 1. The Morgan fingerprint density at radius 1 is 1.32 bits per heavy atom. The summed E-state index contributed by atoms with van der Waals surface area (Å²) in [5, 5.41) is 6.07. The normalized spacial score (nSPS) is 13.0. The van der Waals surface area contributed by atoms with Crippen molar-refractivity contribution >= 4 is 5.91 Å². The molecule has 1 heterocycles. The minimum atomic E-state index is -4.68. The zero-order chi connectivity index (χ0) is 16.3. The lowest BCUT2D eigenvalue weighted by Crippen LogP contribution is -2.31. The molecular formula is C14H14F3N3O2. The molecule has 1 amide bonds. The van der Waals surface area contributed by atoms with Crippen molar-refractivity contribution in [2.45, 2.75) is 32.5 Å². The molecule has 22 heavy (non-hydrogen) atoms. The van der Waals surface area contributed by atoms with Crippen LogP contribution in [0.25, 0.3) is 11.4 Å². The summed E-state index contributed by atoms with van der Waals surface area (Å²) >= 11 is 0. The Kier molecular flexibility index (Phi) is 4.48. The minimum absolute atomic E-state index is 0.0405. The molecule has 1 aromatic carbocycles. The lowest BCUT2D eigenvalue weighted by atomic mass is 10.1. The van der Waals surface area contributed by atoms with Gasteiger partial charge in [-0.05, 0) is 25.5 Å². The highest BCUT2D eigenvalue weighted by Gasteiger charge is 2.38. The molecule has 0 aliphatic heterocycles. The van der Waals surface area contributed by atoms with E-state index in [-0.39, 0.29) is 17.8 Å². The third-order valence-electron chi connectivity index (χ3n) is 3.06. The van der Waals surface area contributed by atoms with E-state index in [0.29, 0.717) is 11.1 Å². The van der Waals surface area contributed by atoms with Crippen LogP contribution in [0.15, 0.2) is 28.8 Å². The Bertz CT molecular complexity index is 650. The van der Waals surface area contributed by atoms with Crippen LogP contribution in [-0.2, 0) is 6.18 Å². The Morgan fingerprint density at radius 3 is 2.45 bits per heavy atom. The summed E-state index contributed by atoms with van der Waals surface area (Å²) in [5.41, 5.74) is 0.739. The predicted molar refractivity (Wildman–Crippen MR) is 72.0 cm³/mol. The average Bonchev–Trinajstić information content (AvgIpc) is 2.97. The fraction of sp³-hybridized carbons (Fsp3) is 0.357. The van der Waals surface area contributed by atoms with Gasteiger partial charge in [0.2, 0.25) is 5.82 Å². The zero-order valence-electron chi connectivity index (χ0n) is 11.9. The summed E-state index contributed by atoms with van der Waals surface area (Å²) in [5.74, 6) is -1.83. The minimum Gasteiger partial charge on any atom is -0.350 e. The summed E-state index contributed by atoms with van der Waals surface area (Å²) in [6.07, 6.45) is -3.88. The van der Waals surface area contributed by atoms with E-state index in [9.17, 15) is 18.0 Å². The number of carbonyl (C=O) groups excluding carboxylic acids is 1. The van der Waals surface area contributed by atoms with E-state index in [1.807, 2.05) is 13.8 Å². The third-order valence-corrected chi connectivity index (χ3v) is 3.06. The highest BCUT2D eigenvalue weighted by molar-refractivity contribution is 5.94. The third kappa shape index (κ3) is 3.63. The number of rotatable bonds is 4. The van der Waals surface area contributed by atoms with Gasteiger partial charge in [-0.15, -0.1) is 0 Å². The molecule has 8 heteroatoms. The second-order valence-electron chi connectivity index (χ2n) is 4.78. The molecular weight excluding hydrogens is 299 g/mol. The molecule has 1 N–H and O–H groups in total. The van der Waals surface area contributed by atoms with Crippen LogP contribution in [0.4, 0.5) is 13.2 Å². The van der Waals surface area contributed by atoms with Gasteiger partial charge < -0.3 is 9.84 Å². The quantitative estimate of drug-likeness (QED) is 0.940. The van der Waals surface area contributed by atoms with Crippen molar-refractivity contribution in [3.63, 3.8) is 0 Å². The molecule has 1 atom stereocenters. The number of carbonyl (C=O) groups is 1. The number of nitrogens with zero attached hydrogens (tertiary/aromatic N) is 2. The van der Waals surface area contributed by atoms with Crippen molar-refractivity contribution in [2.75, 3.05) is 0 Å². The van der Waals surface area contributed by atoms with Gasteiger partial charge in [0, 0.05) is 17.2 Å². The van der Waals surface area contributed by atoms with Gasteiger partial charge in [0.1, 0.15) is 0 Å². The Balaban J connectivity index is 2.15. The van der Waals surface area contributed by atoms with E-state index in [1.165, 1.54) is 24.3 Å². The van der Waals surface area contributed by atoms with Crippen LogP contribution in [0.3, 0.4) is 0 Å². The molecule has 0 bridgehead atoms. The molecule has 0 aliphatic carbocycles. The largest absolute Gasteiger partial charge is 0.471 e. The average molecular weight is 313 g/mol. The molecule has 0 radical (unpaired) electrons. The maximum Gasteiger partial charge on any atom is 0.471 e. The fourth-order valence-corrected chi connectivity index (χ4v) is 1.64. The van der Waals surface area contributed by atoms with Crippen molar-refractivity contribution < 1.29 is 22.5 Å². The van der Waals surface area contributed by atoms with E-state index in [2.05, 4.69) is 20.0 Å². The second-order valence-corrected chi connectivity index (χ2v) is 4.78. The number of amides is 1. The van der Waals surface area contributed by atoms with E-state index in [4.69, 9.17) is 0 Å². The first kappa shape index (κ1) is 16.0. The number of hydrogen-bond acceptors (Lipinski definition) is 4. The van der Waals surface area contributed by atoms with Crippen molar-refractivity contribution in [1.29, 1.82) is 0 Å². The molecule has 0 aliphatic rings. The SMILES string of the molecule is CC[C@@H](C)NC(=O)c1ccc(-c2noc(C(F)(F)F)n2)cc1. The van der Waals surface area contributed by atoms with Gasteiger partial charge in [-0.1, -0.05) is 24.2 Å². The summed E-state index contributed by atoms with van der Waals surface area (Å²) in [6.45, 7) is 3.83. The van der Waals surface area contributed by atoms with Crippen molar-refractivity contribution in [1.82, 2.24) is 15.5 Å². The van der Waals surface area contributed by atoms with Crippen LogP contribution in [0.5, 0.6) is 0 Å². The van der Waals surface area contributed by atoms with Crippen LogP contribution >= 0.6 is 0 Å². The summed E-state index contributed by atoms with van der Waals surface area (Å²) in [7, 11) is 0. The van der Waals surface area contributed by atoms with Crippen LogP contribution in [0.1, 0.15) is 36.5 Å². The highest BCUT2D eigenvalue weighted by Crippen LogP contribution is 2.29. The topological polar surface area (TPSA) is 68.0 Å². The first-order valence-electron chi connectivity index (χ1n) is 6.63. The summed E-state index contributed by atoms with van der Waals surface area (Å²) in [6, 6.07) is 5.97. The van der Waals surface area contributed by atoms with E-state index >= 15 is 0 Å². The predicted octanol–water partition coefficient (Wildman–Crippen LogP) is 3.28. The molecule has 0 fully saturated rings. The van der Waals surface area contributed by atoms with Crippen molar-refractivity contribution in [3.8, 4) is 11.4 Å². The number of halogens is 3. The van der Waals surface area contributed by atoms with Crippen LogP contribution < -0.4 is 5.32 Å². The van der Waals surface area contributed by atoms with Gasteiger partial charge in [0.05, 0.1) is 0 Å². The number of nitrogens with one attached hydrogen (secondary N) is 1. The molecule has 0 saturated carbocycles. The zero-order valence-corrected chi connectivity index (χ0v) is 11.9. The first-order valence-corrected chi connectivity index (χ1v) is 6.63. The number of benzene rings is 1.